The number of ether oxygens (including phenoxy) is 1. The molecular formula is C23H28N4O2. The van der Waals surface area contributed by atoms with E-state index in [4.69, 9.17) is 4.74 Å². The highest BCUT2D eigenvalue weighted by molar-refractivity contribution is 5.82. The minimum absolute atomic E-state index is 0.0793. The van der Waals surface area contributed by atoms with E-state index >= 15 is 0 Å². The quantitative estimate of drug-likeness (QED) is 0.353. The van der Waals surface area contributed by atoms with E-state index in [0.29, 0.717) is 36.4 Å². The van der Waals surface area contributed by atoms with Crippen molar-refractivity contribution in [1.82, 2.24) is 9.55 Å². The van der Waals surface area contributed by atoms with Gasteiger partial charge in [0, 0.05) is 13.2 Å². The molecule has 152 valence electrons. The van der Waals surface area contributed by atoms with Crippen molar-refractivity contribution in [2.45, 2.75) is 46.8 Å². The van der Waals surface area contributed by atoms with Crippen molar-refractivity contribution >= 4 is 23.1 Å². The summed E-state index contributed by atoms with van der Waals surface area (Å²) in [5.41, 5.74) is 6.91. The second-order valence-corrected chi connectivity index (χ2v) is 7.41. The first-order chi connectivity index (χ1) is 14.0. The highest BCUT2D eigenvalue weighted by Crippen LogP contribution is 2.13. The van der Waals surface area contributed by atoms with Gasteiger partial charge in [-0.3, -0.25) is 9.36 Å². The standard InChI is InChI=1S/C23H28N4O2/c1-16(2)29-13-7-12-27-22(28)20-8-5-6-9-21(20)25-23(27)26-24-15-19-11-10-17(3)14-18(19)4/h5-6,8-11,14-16H,7,12-13H2,1-4H3,(H,25,26)/b24-15-. The maximum absolute atomic E-state index is 13.0. The number of fused-ring (bicyclic) bond motifs is 1. The number of para-hydroxylation sites is 1. The molecule has 0 radical (unpaired) electrons. The average molecular weight is 393 g/mol. The summed E-state index contributed by atoms with van der Waals surface area (Å²) < 4.78 is 7.24. The normalized spacial score (nSPS) is 11.6. The van der Waals surface area contributed by atoms with Gasteiger partial charge in [0.15, 0.2) is 0 Å². The van der Waals surface area contributed by atoms with Gasteiger partial charge in [-0.1, -0.05) is 35.9 Å². The largest absolute Gasteiger partial charge is 0.379 e. The van der Waals surface area contributed by atoms with Crippen LogP contribution in [-0.2, 0) is 11.3 Å². The van der Waals surface area contributed by atoms with Crippen LogP contribution in [0.2, 0.25) is 0 Å². The fourth-order valence-electron chi connectivity index (χ4n) is 3.13. The maximum atomic E-state index is 13.0. The number of hydrogen-bond acceptors (Lipinski definition) is 5. The molecule has 1 heterocycles. The molecule has 0 fully saturated rings. The summed E-state index contributed by atoms with van der Waals surface area (Å²) in [6, 6.07) is 13.5. The van der Waals surface area contributed by atoms with Crippen molar-refractivity contribution in [3.8, 4) is 0 Å². The first-order valence-electron chi connectivity index (χ1n) is 9.93. The van der Waals surface area contributed by atoms with Crippen LogP contribution in [0.25, 0.3) is 10.9 Å². The Morgan fingerprint density at radius 3 is 2.76 bits per heavy atom. The molecule has 2 aromatic carbocycles. The molecule has 3 rings (SSSR count). The van der Waals surface area contributed by atoms with Gasteiger partial charge in [0.25, 0.3) is 5.56 Å². The third-order valence-corrected chi connectivity index (χ3v) is 4.63. The average Bonchev–Trinajstić information content (AvgIpc) is 2.68. The van der Waals surface area contributed by atoms with E-state index in [2.05, 4.69) is 28.5 Å². The Labute approximate surface area is 171 Å². The van der Waals surface area contributed by atoms with Crippen LogP contribution in [0, 0.1) is 13.8 Å². The number of nitrogens with zero attached hydrogens (tertiary/aromatic N) is 3. The van der Waals surface area contributed by atoms with Crippen molar-refractivity contribution in [3.63, 3.8) is 0 Å². The fraction of sp³-hybridized carbons (Fsp3) is 0.348. The topological polar surface area (TPSA) is 68.5 Å². The van der Waals surface area contributed by atoms with Gasteiger partial charge < -0.3 is 4.74 Å². The van der Waals surface area contributed by atoms with Crippen molar-refractivity contribution in [2.24, 2.45) is 5.10 Å². The summed E-state index contributed by atoms with van der Waals surface area (Å²) in [6.07, 6.45) is 2.64. The predicted octanol–water partition coefficient (Wildman–Crippen LogP) is 4.27. The van der Waals surface area contributed by atoms with E-state index in [-0.39, 0.29) is 11.7 Å². The van der Waals surface area contributed by atoms with Crippen LogP contribution in [0.4, 0.5) is 5.95 Å². The van der Waals surface area contributed by atoms with Gasteiger partial charge in [-0.25, -0.2) is 10.4 Å². The van der Waals surface area contributed by atoms with Crippen LogP contribution in [0.3, 0.4) is 0 Å². The number of anilines is 1. The third kappa shape index (κ3) is 5.29. The minimum atomic E-state index is -0.0793. The minimum Gasteiger partial charge on any atom is -0.379 e. The summed E-state index contributed by atoms with van der Waals surface area (Å²) in [7, 11) is 0. The van der Waals surface area contributed by atoms with Gasteiger partial charge in [0.05, 0.1) is 23.2 Å². The molecule has 29 heavy (non-hydrogen) atoms. The number of hydrazone groups is 1. The molecule has 0 amide bonds. The number of aryl methyl sites for hydroxylation is 2. The lowest BCUT2D eigenvalue weighted by molar-refractivity contribution is 0.0748. The van der Waals surface area contributed by atoms with Crippen LogP contribution in [0.15, 0.2) is 52.4 Å². The lowest BCUT2D eigenvalue weighted by atomic mass is 10.1. The summed E-state index contributed by atoms with van der Waals surface area (Å²) in [4.78, 5) is 17.6. The van der Waals surface area contributed by atoms with Crippen molar-refractivity contribution in [1.29, 1.82) is 0 Å². The second-order valence-electron chi connectivity index (χ2n) is 7.41. The first kappa shape index (κ1) is 20.7. The van der Waals surface area contributed by atoms with Crippen LogP contribution in [-0.4, -0.2) is 28.5 Å². The lowest BCUT2D eigenvalue weighted by Gasteiger charge is -2.13. The molecule has 1 aromatic heterocycles. The Bertz CT molecular complexity index is 1070. The number of hydrogen-bond donors (Lipinski definition) is 1. The molecule has 0 unspecified atom stereocenters. The molecule has 0 aliphatic heterocycles. The fourth-order valence-corrected chi connectivity index (χ4v) is 3.13. The van der Waals surface area contributed by atoms with E-state index in [0.717, 1.165) is 11.1 Å². The number of nitrogens with one attached hydrogen (secondary N) is 1. The molecule has 0 atom stereocenters. The summed E-state index contributed by atoms with van der Waals surface area (Å²) in [5, 5.41) is 4.94. The predicted molar refractivity (Wildman–Crippen MR) is 119 cm³/mol. The van der Waals surface area contributed by atoms with Gasteiger partial charge >= 0.3 is 0 Å². The van der Waals surface area contributed by atoms with E-state index < -0.39 is 0 Å². The molecule has 0 aliphatic carbocycles. The van der Waals surface area contributed by atoms with Gasteiger partial charge in [-0.15, -0.1) is 0 Å². The van der Waals surface area contributed by atoms with Crippen LogP contribution in [0.5, 0.6) is 0 Å². The van der Waals surface area contributed by atoms with E-state index in [9.17, 15) is 4.79 Å². The molecule has 0 bridgehead atoms. The Morgan fingerprint density at radius 2 is 2.00 bits per heavy atom. The Balaban J connectivity index is 1.87. The Kier molecular flexibility index (Phi) is 6.77. The summed E-state index contributed by atoms with van der Waals surface area (Å²) in [5.74, 6) is 0.430. The van der Waals surface area contributed by atoms with Crippen molar-refractivity contribution in [3.05, 3.63) is 69.5 Å². The van der Waals surface area contributed by atoms with Crippen LogP contribution < -0.4 is 11.0 Å². The molecule has 0 saturated carbocycles. The van der Waals surface area contributed by atoms with Gasteiger partial charge in [0.1, 0.15) is 0 Å². The number of aromatic nitrogens is 2. The first-order valence-corrected chi connectivity index (χ1v) is 9.93. The van der Waals surface area contributed by atoms with Crippen molar-refractivity contribution in [2.75, 3.05) is 12.0 Å². The second kappa shape index (κ2) is 9.47. The van der Waals surface area contributed by atoms with Gasteiger partial charge in [0.2, 0.25) is 5.95 Å². The SMILES string of the molecule is Cc1ccc(/C=N\Nc2nc3ccccc3c(=O)n2CCCOC(C)C)c(C)c1. The molecule has 3 aromatic rings. The highest BCUT2D eigenvalue weighted by atomic mass is 16.5. The Hall–Kier alpha value is -2.99. The molecule has 6 nitrogen and oxygen atoms in total. The van der Waals surface area contributed by atoms with E-state index in [1.54, 1.807) is 16.8 Å². The molecule has 1 N–H and O–H groups in total. The molecule has 6 heteroatoms. The van der Waals surface area contributed by atoms with Crippen LogP contribution in [0.1, 0.15) is 37.0 Å². The van der Waals surface area contributed by atoms with Crippen LogP contribution >= 0.6 is 0 Å². The van der Waals surface area contributed by atoms with Gasteiger partial charge in [-0.05, 0) is 57.4 Å². The summed E-state index contributed by atoms with van der Waals surface area (Å²) in [6.45, 7) is 9.20. The smallest absolute Gasteiger partial charge is 0.262 e. The highest BCUT2D eigenvalue weighted by Gasteiger charge is 2.10. The molecule has 0 spiro atoms. The van der Waals surface area contributed by atoms with Crippen molar-refractivity contribution < 1.29 is 4.74 Å². The zero-order chi connectivity index (χ0) is 20.8. The molecule has 0 saturated heterocycles. The van der Waals surface area contributed by atoms with E-state index in [1.165, 1.54) is 5.56 Å². The lowest BCUT2D eigenvalue weighted by Crippen LogP contribution is -2.25. The third-order valence-electron chi connectivity index (χ3n) is 4.63. The molecular weight excluding hydrogens is 364 g/mol. The number of rotatable bonds is 8. The monoisotopic (exact) mass is 392 g/mol. The van der Waals surface area contributed by atoms with Gasteiger partial charge in [-0.2, -0.15) is 5.10 Å². The zero-order valence-electron chi connectivity index (χ0n) is 17.5. The van der Waals surface area contributed by atoms with E-state index in [1.807, 2.05) is 51.1 Å². The number of benzene rings is 2. The molecule has 0 aliphatic rings. The maximum Gasteiger partial charge on any atom is 0.262 e. The summed E-state index contributed by atoms with van der Waals surface area (Å²) >= 11 is 0. The zero-order valence-corrected chi connectivity index (χ0v) is 17.5. The Morgan fingerprint density at radius 1 is 1.21 bits per heavy atom.